The number of rotatable bonds is 8. The number of halogens is 1. The maximum absolute atomic E-state index is 13.7. The van der Waals surface area contributed by atoms with Crippen LogP contribution in [0.2, 0.25) is 0 Å². The van der Waals surface area contributed by atoms with Crippen molar-refractivity contribution in [3.63, 3.8) is 0 Å². The number of aliphatic hydroxyl groups excluding tert-OH is 1. The van der Waals surface area contributed by atoms with Crippen LogP contribution in [0.1, 0.15) is 58.1 Å². The monoisotopic (exact) mass is 268 g/mol. The van der Waals surface area contributed by atoms with E-state index >= 15 is 0 Å². The van der Waals surface area contributed by atoms with Gasteiger partial charge in [0.25, 0.3) is 0 Å². The fourth-order valence-corrected chi connectivity index (χ4v) is 2.05. The third-order valence-electron chi connectivity index (χ3n) is 3.45. The molecule has 0 aromatic heterocycles. The highest BCUT2D eigenvalue weighted by Crippen LogP contribution is 2.23. The van der Waals surface area contributed by atoms with Crippen molar-refractivity contribution in [1.29, 1.82) is 0 Å². The maximum Gasteiger partial charge on any atom is 0.132 e. The van der Waals surface area contributed by atoms with E-state index < -0.39 is 11.9 Å². The summed E-state index contributed by atoms with van der Waals surface area (Å²) in [6.07, 6.45) is 3.84. The van der Waals surface area contributed by atoms with Gasteiger partial charge in [-0.1, -0.05) is 33.1 Å². The average Bonchev–Trinajstić information content (AvgIpc) is 2.38. The van der Waals surface area contributed by atoms with Gasteiger partial charge in [0.1, 0.15) is 11.6 Å². The Kier molecular flexibility index (Phi) is 6.85. The summed E-state index contributed by atoms with van der Waals surface area (Å²) < 4.78 is 19.3. The van der Waals surface area contributed by atoms with Crippen molar-refractivity contribution in [1.82, 2.24) is 0 Å². The van der Waals surface area contributed by atoms with Crippen molar-refractivity contribution in [2.45, 2.75) is 52.6 Å². The molecule has 2 nitrogen and oxygen atoms in total. The zero-order chi connectivity index (χ0) is 14.3. The number of aliphatic hydroxyl groups is 1. The smallest absolute Gasteiger partial charge is 0.132 e. The molecule has 1 rings (SSSR count). The summed E-state index contributed by atoms with van der Waals surface area (Å²) >= 11 is 0. The first kappa shape index (κ1) is 16.0. The lowest BCUT2D eigenvalue weighted by Gasteiger charge is -2.16. The van der Waals surface area contributed by atoms with Gasteiger partial charge in [-0.25, -0.2) is 4.39 Å². The standard InChI is InChI=1S/C16H25FO2/c1-4-6-7-13(5-2)11-19-14-8-9-15(12(3)18)16(17)10-14/h8-10,12-13,18H,4-7,11H2,1-3H3/t12-,13?/m1/s1. The van der Waals surface area contributed by atoms with Gasteiger partial charge in [0, 0.05) is 11.6 Å². The van der Waals surface area contributed by atoms with E-state index in [1.165, 1.54) is 18.9 Å². The molecule has 0 aliphatic rings. The van der Waals surface area contributed by atoms with E-state index in [0.717, 1.165) is 12.8 Å². The first-order chi connectivity index (χ1) is 9.08. The molecule has 0 saturated heterocycles. The van der Waals surface area contributed by atoms with Crippen molar-refractivity contribution in [3.8, 4) is 5.75 Å². The highest BCUT2D eigenvalue weighted by atomic mass is 19.1. The molecule has 0 spiro atoms. The molecule has 2 atom stereocenters. The average molecular weight is 268 g/mol. The molecular formula is C16H25FO2. The largest absolute Gasteiger partial charge is 0.493 e. The Morgan fingerprint density at radius 1 is 1.32 bits per heavy atom. The van der Waals surface area contributed by atoms with Crippen molar-refractivity contribution >= 4 is 0 Å². The van der Waals surface area contributed by atoms with Crippen molar-refractivity contribution in [2.24, 2.45) is 5.92 Å². The minimum atomic E-state index is -0.790. The Labute approximate surface area is 115 Å². The number of benzene rings is 1. The normalized spacial score (nSPS) is 14.2. The van der Waals surface area contributed by atoms with Gasteiger partial charge in [0.05, 0.1) is 12.7 Å². The number of hydrogen-bond donors (Lipinski definition) is 1. The second kappa shape index (κ2) is 8.16. The summed E-state index contributed by atoms with van der Waals surface area (Å²) in [5.74, 6) is 0.658. The van der Waals surface area contributed by atoms with Crippen LogP contribution in [-0.2, 0) is 0 Å². The van der Waals surface area contributed by atoms with Gasteiger partial charge in [-0.2, -0.15) is 0 Å². The van der Waals surface area contributed by atoms with Crippen LogP contribution in [0.15, 0.2) is 18.2 Å². The predicted octanol–water partition coefficient (Wildman–Crippen LogP) is 4.47. The van der Waals surface area contributed by atoms with Gasteiger partial charge >= 0.3 is 0 Å². The van der Waals surface area contributed by atoms with Crippen molar-refractivity contribution < 1.29 is 14.2 Å². The highest BCUT2D eigenvalue weighted by molar-refractivity contribution is 5.30. The predicted molar refractivity (Wildman–Crippen MR) is 75.8 cm³/mol. The van der Waals surface area contributed by atoms with E-state index in [4.69, 9.17) is 4.74 Å². The van der Waals surface area contributed by atoms with E-state index in [0.29, 0.717) is 23.8 Å². The van der Waals surface area contributed by atoms with Gasteiger partial charge in [0.2, 0.25) is 0 Å². The fraction of sp³-hybridized carbons (Fsp3) is 0.625. The molecular weight excluding hydrogens is 243 g/mol. The summed E-state index contributed by atoms with van der Waals surface area (Å²) in [5, 5.41) is 9.37. The zero-order valence-corrected chi connectivity index (χ0v) is 12.2. The quantitative estimate of drug-likeness (QED) is 0.753. The molecule has 1 N–H and O–H groups in total. The number of ether oxygens (including phenoxy) is 1. The SMILES string of the molecule is CCCCC(CC)COc1ccc([C@@H](C)O)c(F)c1. The second-order valence-corrected chi connectivity index (χ2v) is 5.09. The molecule has 0 aliphatic carbocycles. The topological polar surface area (TPSA) is 29.5 Å². The van der Waals surface area contributed by atoms with Crippen LogP contribution >= 0.6 is 0 Å². The molecule has 0 aliphatic heterocycles. The van der Waals surface area contributed by atoms with Gasteiger partial charge in [-0.05, 0) is 31.4 Å². The summed E-state index contributed by atoms with van der Waals surface area (Å²) in [6, 6.07) is 4.66. The van der Waals surface area contributed by atoms with Crippen LogP contribution in [-0.4, -0.2) is 11.7 Å². The van der Waals surface area contributed by atoms with Gasteiger partial charge in [-0.15, -0.1) is 0 Å². The van der Waals surface area contributed by atoms with E-state index in [1.807, 2.05) is 0 Å². The molecule has 0 saturated carbocycles. The van der Waals surface area contributed by atoms with Crippen LogP contribution < -0.4 is 4.74 Å². The first-order valence-corrected chi connectivity index (χ1v) is 7.18. The molecule has 3 heteroatoms. The van der Waals surface area contributed by atoms with Crippen molar-refractivity contribution in [2.75, 3.05) is 6.61 Å². The maximum atomic E-state index is 13.7. The summed E-state index contributed by atoms with van der Waals surface area (Å²) in [7, 11) is 0. The van der Waals surface area contributed by atoms with E-state index in [1.54, 1.807) is 19.1 Å². The van der Waals surface area contributed by atoms with Crippen molar-refractivity contribution in [3.05, 3.63) is 29.6 Å². The molecule has 1 aromatic rings. The van der Waals surface area contributed by atoms with Gasteiger partial charge < -0.3 is 9.84 Å². The summed E-state index contributed by atoms with van der Waals surface area (Å²) in [4.78, 5) is 0. The number of unbranched alkanes of at least 4 members (excludes halogenated alkanes) is 1. The molecule has 0 amide bonds. The fourth-order valence-electron chi connectivity index (χ4n) is 2.05. The lowest BCUT2D eigenvalue weighted by Crippen LogP contribution is -2.11. The van der Waals surface area contributed by atoms with Gasteiger partial charge in [-0.3, -0.25) is 0 Å². The first-order valence-electron chi connectivity index (χ1n) is 7.18. The number of hydrogen-bond acceptors (Lipinski definition) is 2. The molecule has 1 unspecified atom stereocenters. The molecule has 0 bridgehead atoms. The summed E-state index contributed by atoms with van der Waals surface area (Å²) in [6.45, 7) is 6.51. The van der Waals surface area contributed by atoms with E-state index in [2.05, 4.69) is 13.8 Å². The van der Waals surface area contributed by atoms with Gasteiger partial charge in [0.15, 0.2) is 0 Å². The van der Waals surface area contributed by atoms with E-state index in [-0.39, 0.29) is 0 Å². The molecule has 0 heterocycles. The molecule has 19 heavy (non-hydrogen) atoms. The minimum absolute atomic E-state index is 0.311. The van der Waals surface area contributed by atoms with E-state index in [9.17, 15) is 9.50 Å². The Morgan fingerprint density at radius 3 is 2.58 bits per heavy atom. The lowest BCUT2D eigenvalue weighted by atomic mass is 10.0. The molecule has 0 fully saturated rings. The summed E-state index contributed by atoms with van der Waals surface area (Å²) in [5.41, 5.74) is 0.311. The second-order valence-electron chi connectivity index (χ2n) is 5.09. The zero-order valence-electron chi connectivity index (χ0n) is 12.2. The van der Waals surface area contributed by atoms with Crippen LogP contribution in [0.3, 0.4) is 0 Å². The minimum Gasteiger partial charge on any atom is -0.493 e. The Morgan fingerprint density at radius 2 is 2.05 bits per heavy atom. The van der Waals surface area contributed by atoms with Crippen LogP contribution in [0.25, 0.3) is 0 Å². The van der Waals surface area contributed by atoms with Crippen LogP contribution in [0.5, 0.6) is 5.75 Å². The third-order valence-corrected chi connectivity index (χ3v) is 3.45. The molecule has 0 radical (unpaired) electrons. The van der Waals surface area contributed by atoms with Crippen LogP contribution in [0.4, 0.5) is 4.39 Å². The molecule has 1 aromatic carbocycles. The molecule has 108 valence electrons. The Balaban J connectivity index is 2.55. The van der Waals surface area contributed by atoms with Crippen LogP contribution in [0, 0.1) is 11.7 Å². The Hall–Kier alpha value is -1.09. The lowest BCUT2D eigenvalue weighted by molar-refractivity contribution is 0.193. The Bertz CT molecular complexity index is 377. The highest BCUT2D eigenvalue weighted by Gasteiger charge is 2.11. The third kappa shape index (κ3) is 5.19.